The van der Waals surface area contributed by atoms with Gasteiger partial charge in [0.1, 0.15) is 0 Å². The lowest BCUT2D eigenvalue weighted by Gasteiger charge is -2.20. The van der Waals surface area contributed by atoms with E-state index in [1.165, 1.54) is 0 Å². The predicted molar refractivity (Wildman–Crippen MR) is 92.7 cm³/mol. The number of likely N-dealkylation sites (tertiary alicyclic amines) is 1. The Kier molecular flexibility index (Phi) is 5.95. The Balaban J connectivity index is 2.07. The number of benzene rings is 1. The Morgan fingerprint density at radius 1 is 1.29 bits per heavy atom. The van der Waals surface area contributed by atoms with Crippen molar-refractivity contribution in [3.8, 4) is 0 Å². The monoisotopic (exact) mass is 331 g/mol. The zero-order chi connectivity index (χ0) is 17.7. The van der Waals surface area contributed by atoms with Crippen molar-refractivity contribution >= 4 is 23.4 Å². The molecule has 1 atom stereocenters. The van der Waals surface area contributed by atoms with Crippen LogP contribution in [0.3, 0.4) is 0 Å². The summed E-state index contributed by atoms with van der Waals surface area (Å²) in [5.74, 6) is -0.813. The molecule has 0 saturated carbocycles. The van der Waals surface area contributed by atoms with Crippen LogP contribution < -0.4 is 10.6 Å². The van der Waals surface area contributed by atoms with Gasteiger partial charge in [-0.3, -0.25) is 14.4 Å². The van der Waals surface area contributed by atoms with Crippen molar-refractivity contribution in [2.75, 3.05) is 18.4 Å². The van der Waals surface area contributed by atoms with Gasteiger partial charge in [-0.25, -0.2) is 0 Å². The van der Waals surface area contributed by atoms with Crippen molar-refractivity contribution in [3.63, 3.8) is 0 Å². The first-order valence-corrected chi connectivity index (χ1v) is 8.41. The lowest BCUT2D eigenvalue weighted by Crippen LogP contribution is -2.33. The number of hydrogen-bond donors (Lipinski definition) is 2. The van der Waals surface area contributed by atoms with E-state index in [1.54, 1.807) is 29.2 Å². The Morgan fingerprint density at radius 2 is 2.00 bits per heavy atom. The molecule has 2 rings (SSSR count). The van der Waals surface area contributed by atoms with Gasteiger partial charge in [0.05, 0.1) is 17.2 Å². The average Bonchev–Trinajstić information content (AvgIpc) is 2.95. The minimum atomic E-state index is -0.383. The van der Waals surface area contributed by atoms with E-state index in [0.29, 0.717) is 24.3 Å². The molecule has 1 saturated heterocycles. The summed E-state index contributed by atoms with van der Waals surface area (Å²) in [5, 5.41) is 5.62. The number of anilines is 1. The molecule has 0 bridgehead atoms. The van der Waals surface area contributed by atoms with Crippen LogP contribution in [-0.2, 0) is 9.59 Å². The lowest BCUT2D eigenvalue weighted by atomic mass is 10.1. The molecule has 6 heteroatoms. The van der Waals surface area contributed by atoms with Gasteiger partial charge in [0.2, 0.25) is 11.8 Å². The fourth-order valence-electron chi connectivity index (χ4n) is 2.76. The smallest absolute Gasteiger partial charge is 0.253 e. The molecule has 6 nitrogen and oxygen atoms in total. The van der Waals surface area contributed by atoms with Crippen LogP contribution in [0.4, 0.5) is 5.69 Å². The maximum atomic E-state index is 12.5. The van der Waals surface area contributed by atoms with Crippen LogP contribution >= 0.6 is 0 Å². The molecule has 0 aliphatic carbocycles. The van der Waals surface area contributed by atoms with Gasteiger partial charge in [-0.15, -0.1) is 0 Å². The molecule has 2 N–H and O–H groups in total. The van der Waals surface area contributed by atoms with Crippen LogP contribution in [0, 0.1) is 5.92 Å². The van der Waals surface area contributed by atoms with Crippen LogP contribution in [0.1, 0.15) is 44.0 Å². The molecule has 24 heavy (non-hydrogen) atoms. The van der Waals surface area contributed by atoms with Gasteiger partial charge in [-0.05, 0) is 32.4 Å². The largest absolute Gasteiger partial charge is 0.352 e. The van der Waals surface area contributed by atoms with Crippen molar-refractivity contribution in [1.29, 1.82) is 0 Å². The van der Waals surface area contributed by atoms with Crippen molar-refractivity contribution in [2.24, 2.45) is 5.92 Å². The molecule has 1 fully saturated rings. The topological polar surface area (TPSA) is 78.5 Å². The molecular formula is C18H25N3O3. The third-order valence-electron chi connectivity index (χ3n) is 4.12. The minimum absolute atomic E-state index is 0.000811. The molecule has 130 valence electrons. The van der Waals surface area contributed by atoms with Crippen molar-refractivity contribution in [1.82, 2.24) is 10.2 Å². The summed E-state index contributed by atoms with van der Waals surface area (Å²) in [6.07, 6.45) is 1.06. The predicted octanol–water partition coefficient (Wildman–Crippen LogP) is 2.02. The third kappa shape index (κ3) is 4.13. The van der Waals surface area contributed by atoms with Gasteiger partial charge in [0, 0.05) is 25.6 Å². The second-order valence-corrected chi connectivity index (χ2v) is 6.33. The SMILES string of the molecule is CCCNC(=O)c1ccccc1NC(=O)[C@H]1CC(=O)N(C(C)C)C1. The first kappa shape index (κ1) is 18.0. The van der Waals surface area contributed by atoms with E-state index in [9.17, 15) is 14.4 Å². The van der Waals surface area contributed by atoms with Gasteiger partial charge in [0.25, 0.3) is 5.91 Å². The average molecular weight is 331 g/mol. The molecule has 1 aliphatic heterocycles. The summed E-state index contributed by atoms with van der Waals surface area (Å²) in [4.78, 5) is 38.4. The number of nitrogens with one attached hydrogen (secondary N) is 2. The first-order valence-electron chi connectivity index (χ1n) is 8.41. The van der Waals surface area contributed by atoms with E-state index in [1.807, 2.05) is 20.8 Å². The van der Waals surface area contributed by atoms with Crippen LogP contribution in [0.5, 0.6) is 0 Å². The molecule has 1 aromatic rings. The van der Waals surface area contributed by atoms with E-state index >= 15 is 0 Å². The van der Waals surface area contributed by atoms with E-state index in [-0.39, 0.29) is 36.1 Å². The van der Waals surface area contributed by atoms with Gasteiger partial charge in [-0.1, -0.05) is 19.1 Å². The molecule has 0 spiro atoms. The highest BCUT2D eigenvalue weighted by atomic mass is 16.2. The van der Waals surface area contributed by atoms with Gasteiger partial charge in [-0.2, -0.15) is 0 Å². The summed E-state index contributed by atoms with van der Waals surface area (Å²) >= 11 is 0. The number of carbonyl (C=O) groups is 3. The molecule has 0 radical (unpaired) electrons. The Bertz CT molecular complexity index is 628. The number of amides is 3. The second-order valence-electron chi connectivity index (χ2n) is 6.33. The Labute approximate surface area is 142 Å². The molecule has 1 heterocycles. The Morgan fingerprint density at radius 3 is 2.62 bits per heavy atom. The number of hydrogen-bond acceptors (Lipinski definition) is 3. The van der Waals surface area contributed by atoms with Crippen LogP contribution in [0.15, 0.2) is 24.3 Å². The van der Waals surface area contributed by atoms with E-state index in [2.05, 4.69) is 10.6 Å². The fraction of sp³-hybridized carbons (Fsp3) is 0.500. The zero-order valence-corrected chi connectivity index (χ0v) is 14.5. The summed E-state index contributed by atoms with van der Waals surface area (Å²) in [5.41, 5.74) is 0.913. The van der Waals surface area contributed by atoms with E-state index in [0.717, 1.165) is 6.42 Å². The van der Waals surface area contributed by atoms with E-state index in [4.69, 9.17) is 0 Å². The van der Waals surface area contributed by atoms with Gasteiger partial charge in [0.15, 0.2) is 0 Å². The van der Waals surface area contributed by atoms with Crippen molar-refractivity contribution < 1.29 is 14.4 Å². The third-order valence-corrected chi connectivity index (χ3v) is 4.12. The van der Waals surface area contributed by atoms with Crippen LogP contribution in [0.2, 0.25) is 0 Å². The number of para-hydroxylation sites is 1. The summed E-state index contributed by atoms with van der Waals surface area (Å²) < 4.78 is 0. The highest BCUT2D eigenvalue weighted by Crippen LogP contribution is 2.23. The lowest BCUT2D eigenvalue weighted by molar-refractivity contribution is -0.129. The van der Waals surface area contributed by atoms with Gasteiger partial charge >= 0.3 is 0 Å². The van der Waals surface area contributed by atoms with E-state index < -0.39 is 0 Å². The zero-order valence-electron chi connectivity index (χ0n) is 14.5. The minimum Gasteiger partial charge on any atom is -0.352 e. The van der Waals surface area contributed by atoms with Crippen LogP contribution in [-0.4, -0.2) is 41.8 Å². The molecular weight excluding hydrogens is 306 g/mol. The standard InChI is InChI=1S/C18H25N3O3/c1-4-9-19-18(24)14-7-5-6-8-15(14)20-17(23)13-10-16(22)21(11-13)12(2)3/h5-8,12-13H,4,9-11H2,1-3H3,(H,19,24)(H,20,23)/t13-/m0/s1. The molecule has 1 aliphatic rings. The molecule has 0 unspecified atom stereocenters. The quantitative estimate of drug-likeness (QED) is 0.837. The molecule has 3 amide bonds. The summed E-state index contributed by atoms with van der Waals surface area (Å²) in [7, 11) is 0. The summed E-state index contributed by atoms with van der Waals surface area (Å²) in [6.45, 7) is 6.86. The number of carbonyl (C=O) groups excluding carboxylic acids is 3. The highest BCUT2D eigenvalue weighted by Gasteiger charge is 2.35. The number of rotatable bonds is 6. The first-order chi connectivity index (χ1) is 11.4. The second kappa shape index (κ2) is 7.95. The van der Waals surface area contributed by atoms with Crippen molar-refractivity contribution in [2.45, 2.75) is 39.7 Å². The maximum Gasteiger partial charge on any atom is 0.253 e. The highest BCUT2D eigenvalue weighted by molar-refractivity contribution is 6.05. The maximum absolute atomic E-state index is 12.5. The molecule has 1 aromatic carbocycles. The normalized spacial score (nSPS) is 17.2. The number of nitrogens with zero attached hydrogens (tertiary/aromatic N) is 1. The van der Waals surface area contributed by atoms with Crippen molar-refractivity contribution in [3.05, 3.63) is 29.8 Å². The fourth-order valence-corrected chi connectivity index (χ4v) is 2.76. The van der Waals surface area contributed by atoms with Crippen LogP contribution in [0.25, 0.3) is 0 Å². The summed E-state index contributed by atoms with van der Waals surface area (Å²) in [6, 6.07) is 7.00. The molecule has 0 aromatic heterocycles. The Hall–Kier alpha value is -2.37. The van der Waals surface area contributed by atoms with Gasteiger partial charge < -0.3 is 15.5 Å².